The smallest absolute Gasteiger partial charge is 0.0665 e. The highest BCUT2D eigenvalue weighted by molar-refractivity contribution is 5.55. The zero-order valence-corrected chi connectivity index (χ0v) is 12.9. The van der Waals surface area contributed by atoms with Crippen LogP contribution in [0.3, 0.4) is 0 Å². The second-order valence-corrected chi connectivity index (χ2v) is 6.55. The number of aromatic nitrogens is 2. The van der Waals surface area contributed by atoms with Crippen LogP contribution in [-0.2, 0) is 7.05 Å². The normalized spacial score (nSPS) is 21.4. The van der Waals surface area contributed by atoms with E-state index in [0.29, 0.717) is 0 Å². The standard InChI is InChI=1S/C17H27N3/c1-13-16(12-20(2)19-13)10-15(11-18-17-8-9-17)14-6-4-3-5-7-14/h10,12,14,17-18H,3-9,11H2,1-2H3/b15-10-. The summed E-state index contributed by atoms with van der Waals surface area (Å²) < 4.78 is 1.92. The first-order chi connectivity index (χ1) is 9.72. The van der Waals surface area contributed by atoms with Crippen molar-refractivity contribution in [1.29, 1.82) is 0 Å². The Bertz CT molecular complexity index is 476. The Hall–Kier alpha value is -1.09. The molecule has 110 valence electrons. The van der Waals surface area contributed by atoms with Crippen LogP contribution >= 0.6 is 0 Å². The summed E-state index contributed by atoms with van der Waals surface area (Å²) >= 11 is 0. The van der Waals surface area contributed by atoms with E-state index in [0.717, 1.165) is 24.2 Å². The molecule has 1 aromatic heterocycles. The fourth-order valence-electron chi connectivity index (χ4n) is 3.30. The summed E-state index contributed by atoms with van der Waals surface area (Å²) in [6.45, 7) is 3.18. The van der Waals surface area contributed by atoms with Crippen molar-refractivity contribution in [2.75, 3.05) is 6.54 Å². The fourth-order valence-corrected chi connectivity index (χ4v) is 3.30. The van der Waals surface area contributed by atoms with Crippen molar-refractivity contribution >= 4 is 6.08 Å². The lowest BCUT2D eigenvalue weighted by molar-refractivity contribution is 0.396. The van der Waals surface area contributed by atoms with Gasteiger partial charge in [0.05, 0.1) is 5.69 Å². The molecule has 0 amide bonds. The Morgan fingerprint density at radius 3 is 2.65 bits per heavy atom. The fraction of sp³-hybridized carbons (Fsp3) is 0.706. The Morgan fingerprint density at radius 2 is 2.05 bits per heavy atom. The summed E-state index contributed by atoms with van der Waals surface area (Å²) in [4.78, 5) is 0. The molecule has 3 rings (SSSR count). The molecule has 0 aromatic carbocycles. The van der Waals surface area contributed by atoms with Gasteiger partial charge in [-0.25, -0.2) is 0 Å². The van der Waals surface area contributed by atoms with Gasteiger partial charge in [-0.05, 0) is 38.5 Å². The maximum absolute atomic E-state index is 4.47. The van der Waals surface area contributed by atoms with E-state index in [4.69, 9.17) is 0 Å². The molecule has 1 N–H and O–H groups in total. The van der Waals surface area contributed by atoms with Crippen molar-refractivity contribution in [1.82, 2.24) is 15.1 Å². The van der Waals surface area contributed by atoms with Gasteiger partial charge in [0, 0.05) is 31.4 Å². The summed E-state index contributed by atoms with van der Waals surface area (Å²) in [6.07, 6.45) is 14.3. The lowest BCUT2D eigenvalue weighted by atomic mass is 9.83. The minimum atomic E-state index is 0.787. The van der Waals surface area contributed by atoms with Crippen LogP contribution < -0.4 is 5.32 Å². The first-order valence-corrected chi connectivity index (χ1v) is 8.16. The zero-order valence-electron chi connectivity index (χ0n) is 12.9. The van der Waals surface area contributed by atoms with Crippen molar-refractivity contribution in [3.05, 3.63) is 23.0 Å². The first-order valence-electron chi connectivity index (χ1n) is 8.16. The van der Waals surface area contributed by atoms with Crippen LogP contribution in [-0.4, -0.2) is 22.4 Å². The minimum Gasteiger partial charge on any atom is -0.310 e. The molecule has 1 heterocycles. The van der Waals surface area contributed by atoms with Crippen molar-refractivity contribution in [2.24, 2.45) is 13.0 Å². The summed E-state index contributed by atoms with van der Waals surface area (Å²) in [5.41, 5.74) is 4.05. The number of nitrogens with one attached hydrogen (secondary N) is 1. The van der Waals surface area contributed by atoms with Gasteiger partial charge in [-0.15, -0.1) is 0 Å². The summed E-state index contributed by atoms with van der Waals surface area (Å²) in [6, 6.07) is 0.789. The van der Waals surface area contributed by atoms with Crippen molar-refractivity contribution in [2.45, 2.75) is 57.9 Å². The number of aryl methyl sites for hydroxylation is 2. The number of rotatable bonds is 5. The van der Waals surface area contributed by atoms with E-state index < -0.39 is 0 Å². The van der Waals surface area contributed by atoms with E-state index in [-0.39, 0.29) is 0 Å². The van der Waals surface area contributed by atoms with Crippen molar-refractivity contribution in [3.63, 3.8) is 0 Å². The molecule has 0 bridgehead atoms. The molecule has 0 atom stereocenters. The Labute approximate surface area is 122 Å². The third kappa shape index (κ3) is 3.51. The molecule has 0 radical (unpaired) electrons. The first kappa shape index (κ1) is 13.9. The molecular formula is C17H27N3. The topological polar surface area (TPSA) is 29.9 Å². The van der Waals surface area contributed by atoms with Gasteiger partial charge in [-0.3, -0.25) is 4.68 Å². The highest BCUT2D eigenvalue weighted by Gasteiger charge is 2.23. The van der Waals surface area contributed by atoms with E-state index in [1.54, 1.807) is 5.57 Å². The third-order valence-electron chi connectivity index (χ3n) is 4.69. The molecule has 0 spiro atoms. The molecule has 1 aromatic rings. The molecule has 20 heavy (non-hydrogen) atoms. The van der Waals surface area contributed by atoms with Gasteiger partial charge in [0.1, 0.15) is 0 Å². The van der Waals surface area contributed by atoms with E-state index in [1.807, 2.05) is 11.7 Å². The summed E-state index contributed by atoms with van der Waals surface area (Å²) in [5, 5.41) is 8.17. The van der Waals surface area contributed by atoms with Gasteiger partial charge in [-0.1, -0.05) is 30.9 Å². The molecule has 0 unspecified atom stereocenters. The van der Waals surface area contributed by atoms with Gasteiger partial charge < -0.3 is 5.32 Å². The van der Waals surface area contributed by atoms with Gasteiger partial charge >= 0.3 is 0 Å². The van der Waals surface area contributed by atoms with Crippen molar-refractivity contribution in [3.8, 4) is 0 Å². The van der Waals surface area contributed by atoms with Crippen LogP contribution in [0.5, 0.6) is 0 Å². The molecule has 3 heteroatoms. The molecule has 2 aliphatic carbocycles. The Kier molecular flexibility index (Phi) is 4.25. The quantitative estimate of drug-likeness (QED) is 0.890. The van der Waals surface area contributed by atoms with Gasteiger partial charge in [0.25, 0.3) is 0 Å². The average molecular weight is 273 g/mol. The van der Waals surface area contributed by atoms with Crippen LogP contribution in [0.15, 0.2) is 11.8 Å². The zero-order chi connectivity index (χ0) is 13.9. The highest BCUT2D eigenvalue weighted by Crippen LogP contribution is 2.31. The number of hydrogen-bond acceptors (Lipinski definition) is 2. The monoisotopic (exact) mass is 273 g/mol. The Morgan fingerprint density at radius 1 is 1.30 bits per heavy atom. The Balaban J connectivity index is 1.76. The lowest BCUT2D eigenvalue weighted by Gasteiger charge is -2.25. The van der Waals surface area contributed by atoms with Crippen LogP contribution in [0, 0.1) is 12.8 Å². The van der Waals surface area contributed by atoms with Crippen LogP contribution in [0.4, 0.5) is 0 Å². The molecule has 2 saturated carbocycles. The molecule has 2 aliphatic rings. The molecule has 3 nitrogen and oxygen atoms in total. The van der Waals surface area contributed by atoms with Gasteiger partial charge in [0.2, 0.25) is 0 Å². The van der Waals surface area contributed by atoms with E-state index in [1.165, 1.54) is 50.5 Å². The van der Waals surface area contributed by atoms with E-state index in [2.05, 4.69) is 29.6 Å². The SMILES string of the molecule is Cc1nn(C)cc1/C=C(/CNC1CC1)C1CCCCC1. The molecule has 0 saturated heterocycles. The summed E-state index contributed by atoms with van der Waals surface area (Å²) in [7, 11) is 2.01. The van der Waals surface area contributed by atoms with Gasteiger partial charge in [0.15, 0.2) is 0 Å². The highest BCUT2D eigenvalue weighted by atomic mass is 15.2. The average Bonchev–Trinajstić information content (AvgIpc) is 3.21. The molecule has 0 aliphatic heterocycles. The minimum absolute atomic E-state index is 0.787. The largest absolute Gasteiger partial charge is 0.310 e. The van der Waals surface area contributed by atoms with Crippen LogP contribution in [0.1, 0.15) is 56.2 Å². The maximum Gasteiger partial charge on any atom is 0.0665 e. The van der Waals surface area contributed by atoms with E-state index in [9.17, 15) is 0 Å². The van der Waals surface area contributed by atoms with Gasteiger partial charge in [-0.2, -0.15) is 5.10 Å². The molecule has 2 fully saturated rings. The lowest BCUT2D eigenvalue weighted by Crippen LogP contribution is -2.24. The summed E-state index contributed by atoms with van der Waals surface area (Å²) in [5.74, 6) is 0.787. The predicted octanol–water partition coefficient (Wildman–Crippen LogP) is 3.44. The maximum atomic E-state index is 4.47. The second-order valence-electron chi connectivity index (χ2n) is 6.55. The van der Waals surface area contributed by atoms with Crippen LogP contribution in [0.2, 0.25) is 0 Å². The number of hydrogen-bond donors (Lipinski definition) is 1. The third-order valence-corrected chi connectivity index (χ3v) is 4.69. The predicted molar refractivity (Wildman–Crippen MR) is 83.5 cm³/mol. The number of nitrogens with zero attached hydrogens (tertiary/aromatic N) is 2. The second kappa shape index (κ2) is 6.13. The van der Waals surface area contributed by atoms with E-state index >= 15 is 0 Å². The van der Waals surface area contributed by atoms with Crippen LogP contribution in [0.25, 0.3) is 6.08 Å². The molecular weight excluding hydrogens is 246 g/mol. The van der Waals surface area contributed by atoms with Crippen molar-refractivity contribution < 1.29 is 0 Å².